The van der Waals surface area contributed by atoms with Crippen molar-refractivity contribution in [3.63, 3.8) is 0 Å². The second-order valence-electron chi connectivity index (χ2n) is 5.84. The summed E-state index contributed by atoms with van der Waals surface area (Å²) in [5.74, 6) is 0.787. The maximum Gasteiger partial charge on any atom is 0.0495 e. The Hall–Kier alpha value is -0.160. The van der Waals surface area contributed by atoms with E-state index in [1.54, 1.807) is 7.11 Å². The number of nitrogens with zero attached hydrogens (tertiary/aromatic N) is 1. The molecule has 1 heterocycles. The third-order valence-corrected chi connectivity index (χ3v) is 3.91. The third kappa shape index (κ3) is 9.70. The van der Waals surface area contributed by atoms with Gasteiger partial charge >= 0.3 is 0 Å². The van der Waals surface area contributed by atoms with E-state index in [-0.39, 0.29) is 0 Å². The summed E-state index contributed by atoms with van der Waals surface area (Å²) >= 11 is 0. The van der Waals surface area contributed by atoms with E-state index in [1.807, 2.05) is 0 Å². The van der Waals surface area contributed by atoms with E-state index >= 15 is 0 Å². The quantitative estimate of drug-likeness (QED) is 0.516. The molecular weight excluding hydrogens is 254 g/mol. The summed E-state index contributed by atoms with van der Waals surface area (Å²) in [7, 11) is 3.93. The van der Waals surface area contributed by atoms with Gasteiger partial charge in [0.15, 0.2) is 0 Å². The maximum absolute atomic E-state index is 5.79. The fourth-order valence-electron chi connectivity index (χ4n) is 2.47. The van der Waals surface area contributed by atoms with Crippen molar-refractivity contribution in [2.75, 3.05) is 60.3 Å². The van der Waals surface area contributed by atoms with Crippen LogP contribution in [0.25, 0.3) is 0 Å². The molecule has 4 heteroatoms. The minimum atomic E-state index is 0.787. The van der Waals surface area contributed by atoms with Gasteiger partial charge in [0, 0.05) is 40.1 Å². The van der Waals surface area contributed by atoms with E-state index in [4.69, 9.17) is 14.2 Å². The SMILES string of the molecule is COCCCOCCCCCOCC1CCN(C)CC1. The number of ether oxygens (including phenoxy) is 3. The lowest BCUT2D eigenvalue weighted by Crippen LogP contribution is -2.32. The molecule has 0 aromatic rings. The monoisotopic (exact) mass is 287 g/mol. The van der Waals surface area contributed by atoms with Crippen molar-refractivity contribution in [3.05, 3.63) is 0 Å². The molecule has 1 rings (SSSR count). The molecule has 0 aromatic carbocycles. The van der Waals surface area contributed by atoms with E-state index in [1.165, 1.54) is 32.4 Å². The Morgan fingerprint density at radius 1 is 0.850 bits per heavy atom. The molecule has 1 aliphatic rings. The first-order valence-corrected chi connectivity index (χ1v) is 8.16. The van der Waals surface area contributed by atoms with Gasteiger partial charge < -0.3 is 19.1 Å². The van der Waals surface area contributed by atoms with Crippen LogP contribution < -0.4 is 0 Å². The van der Waals surface area contributed by atoms with E-state index in [0.717, 1.165) is 58.2 Å². The highest BCUT2D eigenvalue weighted by Gasteiger charge is 2.16. The predicted molar refractivity (Wildman–Crippen MR) is 82.2 cm³/mol. The van der Waals surface area contributed by atoms with E-state index in [2.05, 4.69) is 11.9 Å². The highest BCUT2D eigenvalue weighted by atomic mass is 16.5. The second kappa shape index (κ2) is 12.6. The highest BCUT2D eigenvalue weighted by Crippen LogP contribution is 2.16. The molecule has 0 saturated carbocycles. The normalized spacial score (nSPS) is 17.7. The molecule has 0 N–H and O–H groups in total. The van der Waals surface area contributed by atoms with Crippen molar-refractivity contribution >= 4 is 0 Å². The smallest absolute Gasteiger partial charge is 0.0495 e. The minimum absolute atomic E-state index is 0.787. The summed E-state index contributed by atoms with van der Waals surface area (Å²) in [5, 5.41) is 0. The average molecular weight is 287 g/mol. The van der Waals surface area contributed by atoms with Gasteiger partial charge in [-0.05, 0) is 64.6 Å². The van der Waals surface area contributed by atoms with Crippen LogP contribution in [0.5, 0.6) is 0 Å². The molecular formula is C16H33NO3. The van der Waals surface area contributed by atoms with Gasteiger partial charge in [-0.3, -0.25) is 0 Å². The maximum atomic E-state index is 5.79. The van der Waals surface area contributed by atoms with Crippen LogP contribution in [0.15, 0.2) is 0 Å². The molecule has 1 saturated heterocycles. The molecule has 0 aromatic heterocycles. The van der Waals surface area contributed by atoms with E-state index in [0.29, 0.717) is 0 Å². The minimum Gasteiger partial charge on any atom is -0.385 e. The number of hydrogen-bond donors (Lipinski definition) is 0. The molecule has 20 heavy (non-hydrogen) atoms. The fourth-order valence-corrected chi connectivity index (χ4v) is 2.47. The topological polar surface area (TPSA) is 30.9 Å². The second-order valence-corrected chi connectivity index (χ2v) is 5.84. The van der Waals surface area contributed by atoms with E-state index < -0.39 is 0 Å². The first-order chi connectivity index (χ1) is 9.83. The molecule has 0 atom stereocenters. The molecule has 0 unspecified atom stereocenters. The van der Waals surface area contributed by atoms with Crippen molar-refractivity contribution < 1.29 is 14.2 Å². The molecule has 1 aliphatic heterocycles. The lowest BCUT2D eigenvalue weighted by Gasteiger charge is -2.28. The van der Waals surface area contributed by atoms with Crippen LogP contribution in [0.4, 0.5) is 0 Å². The van der Waals surface area contributed by atoms with Crippen molar-refractivity contribution in [3.8, 4) is 0 Å². The zero-order chi connectivity index (χ0) is 14.5. The summed E-state index contributed by atoms with van der Waals surface area (Å²) < 4.78 is 16.3. The summed E-state index contributed by atoms with van der Waals surface area (Å²) in [4.78, 5) is 2.41. The standard InChI is InChI=1S/C16H33NO3/c1-17-9-7-16(8-10-17)15-20-13-5-3-4-12-19-14-6-11-18-2/h16H,3-15H2,1-2H3. The summed E-state index contributed by atoms with van der Waals surface area (Å²) in [6, 6.07) is 0. The van der Waals surface area contributed by atoms with Gasteiger partial charge in [0.1, 0.15) is 0 Å². The molecule has 120 valence electrons. The van der Waals surface area contributed by atoms with Gasteiger partial charge in [-0.25, -0.2) is 0 Å². The van der Waals surface area contributed by atoms with Gasteiger partial charge in [-0.15, -0.1) is 0 Å². The number of rotatable bonds is 12. The molecule has 0 bridgehead atoms. The number of hydrogen-bond acceptors (Lipinski definition) is 4. The van der Waals surface area contributed by atoms with Gasteiger partial charge in [-0.2, -0.15) is 0 Å². The van der Waals surface area contributed by atoms with Crippen LogP contribution in [0, 0.1) is 5.92 Å². The molecule has 0 aliphatic carbocycles. The average Bonchev–Trinajstić information content (AvgIpc) is 2.47. The van der Waals surface area contributed by atoms with Crippen LogP contribution in [0.1, 0.15) is 38.5 Å². The molecule has 1 fully saturated rings. The zero-order valence-corrected chi connectivity index (χ0v) is 13.4. The number of methoxy groups -OCH3 is 1. The molecule has 0 spiro atoms. The Labute approximate surface area is 124 Å². The van der Waals surface area contributed by atoms with Crippen molar-refractivity contribution in [2.45, 2.75) is 38.5 Å². The molecule has 0 radical (unpaired) electrons. The Morgan fingerprint density at radius 2 is 1.50 bits per heavy atom. The zero-order valence-electron chi connectivity index (χ0n) is 13.4. The number of likely N-dealkylation sites (tertiary alicyclic amines) is 1. The lowest BCUT2D eigenvalue weighted by atomic mass is 9.98. The van der Waals surface area contributed by atoms with Crippen LogP contribution in [-0.4, -0.2) is 65.2 Å². The van der Waals surface area contributed by atoms with E-state index in [9.17, 15) is 0 Å². The van der Waals surface area contributed by atoms with Crippen molar-refractivity contribution in [1.82, 2.24) is 4.90 Å². The van der Waals surface area contributed by atoms with Crippen molar-refractivity contribution in [2.24, 2.45) is 5.92 Å². The lowest BCUT2D eigenvalue weighted by molar-refractivity contribution is 0.0670. The summed E-state index contributed by atoms with van der Waals surface area (Å²) in [6.45, 7) is 6.82. The summed E-state index contributed by atoms with van der Waals surface area (Å²) in [6.07, 6.45) is 7.10. The summed E-state index contributed by atoms with van der Waals surface area (Å²) in [5.41, 5.74) is 0. The van der Waals surface area contributed by atoms with Crippen LogP contribution in [0.3, 0.4) is 0 Å². The number of unbranched alkanes of at least 4 members (excludes halogenated alkanes) is 2. The fraction of sp³-hybridized carbons (Fsp3) is 1.00. The van der Waals surface area contributed by atoms with Gasteiger partial charge in [0.05, 0.1) is 0 Å². The predicted octanol–water partition coefficient (Wildman–Crippen LogP) is 2.57. The Bertz CT molecular complexity index is 206. The first kappa shape index (κ1) is 17.9. The van der Waals surface area contributed by atoms with Crippen LogP contribution >= 0.6 is 0 Å². The Morgan fingerprint density at radius 3 is 2.20 bits per heavy atom. The molecule has 0 amide bonds. The highest BCUT2D eigenvalue weighted by molar-refractivity contribution is 4.69. The van der Waals surface area contributed by atoms with Gasteiger partial charge in [0.25, 0.3) is 0 Å². The van der Waals surface area contributed by atoms with Crippen LogP contribution in [-0.2, 0) is 14.2 Å². The molecule has 4 nitrogen and oxygen atoms in total. The largest absolute Gasteiger partial charge is 0.385 e. The number of piperidine rings is 1. The first-order valence-electron chi connectivity index (χ1n) is 8.16. The Balaban J connectivity index is 1.74. The van der Waals surface area contributed by atoms with Crippen molar-refractivity contribution in [1.29, 1.82) is 0 Å². The van der Waals surface area contributed by atoms with Gasteiger partial charge in [0.2, 0.25) is 0 Å². The van der Waals surface area contributed by atoms with Crippen LogP contribution in [0.2, 0.25) is 0 Å². The third-order valence-electron chi connectivity index (χ3n) is 3.91. The van der Waals surface area contributed by atoms with Gasteiger partial charge in [-0.1, -0.05) is 0 Å². The Kier molecular flexibility index (Phi) is 11.2.